The van der Waals surface area contributed by atoms with Crippen LogP contribution >= 0.6 is 0 Å². The van der Waals surface area contributed by atoms with E-state index in [2.05, 4.69) is 32.3 Å². The zero-order valence-electron chi connectivity index (χ0n) is 9.56. The number of hydrogen-bond acceptors (Lipinski definition) is 1. The average Bonchev–Trinajstić information content (AvgIpc) is 2.83. The number of hydrogen-bond donors (Lipinski definition) is 1. The summed E-state index contributed by atoms with van der Waals surface area (Å²) in [6.45, 7) is 7.27. The molecule has 0 aromatic carbocycles. The molecule has 14 heavy (non-hydrogen) atoms. The zero-order valence-corrected chi connectivity index (χ0v) is 9.56. The molecule has 3 aliphatic rings. The molecular formula is C13H21N. The van der Waals surface area contributed by atoms with Crippen LogP contribution in [0.4, 0.5) is 0 Å². The fourth-order valence-electron chi connectivity index (χ4n) is 4.11. The highest BCUT2D eigenvalue weighted by molar-refractivity contribution is 5.29. The van der Waals surface area contributed by atoms with Crippen molar-refractivity contribution in [2.75, 3.05) is 0 Å². The first kappa shape index (κ1) is 8.82. The smallest absolute Gasteiger partial charge is 0.0383 e. The summed E-state index contributed by atoms with van der Waals surface area (Å²) in [5.41, 5.74) is 2.62. The summed E-state index contributed by atoms with van der Waals surface area (Å²) >= 11 is 0. The molecule has 2 fully saturated rings. The monoisotopic (exact) mass is 191 g/mol. The van der Waals surface area contributed by atoms with Crippen LogP contribution < -0.4 is 5.32 Å². The predicted octanol–water partition coefficient (Wildman–Crippen LogP) is 3.08. The second kappa shape index (κ2) is 2.37. The van der Waals surface area contributed by atoms with Gasteiger partial charge in [0.25, 0.3) is 0 Å². The van der Waals surface area contributed by atoms with Crippen LogP contribution in [0.2, 0.25) is 0 Å². The Balaban J connectivity index is 1.98. The summed E-state index contributed by atoms with van der Waals surface area (Å²) in [6, 6.07) is 0. The largest absolute Gasteiger partial charge is 0.385 e. The van der Waals surface area contributed by atoms with Crippen LogP contribution in [-0.4, -0.2) is 5.54 Å². The molecule has 0 spiro atoms. The second-order valence-electron chi connectivity index (χ2n) is 6.30. The fraction of sp³-hybridized carbons (Fsp3) is 0.846. The standard InChI is InChI=1S/C13H21N/c1-12(2)11-9(8-14-12)6-7-13(11,3)10-4-5-10/h8,10-11,14H,4-7H2,1-3H3. The van der Waals surface area contributed by atoms with E-state index in [9.17, 15) is 0 Å². The molecule has 0 bridgehead atoms. The summed E-state index contributed by atoms with van der Waals surface area (Å²) in [5.74, 6) is 1.83. The summed E-state index contributed by atoms with van der Waals surface area (Å²) in [7, 11) is 0. The Hall–Kier alpha value is -0.460. The van der Waals surface area contributed by atoms with Gasteiger partial charge >= 0.3 is 0 Å². The van der Waals surface area contributed by atoms with Crippen molar-refractivity contribution in [3.8, 4) is 0 Å². The van der Waals surface area contributed by atoms with Crippen LogP contribution in [0.5, 0.6) is 0 Å². The molecule has 0 amide bonds. The first-order valence-corrected chi connectivity index (χ1v) is 6.01. The van der Waals surface area contributed by atoms with E-state index in [1.807, 2.05) is 0 Å². The highest BCUT2D eigenvalue weighted by atomic mass is 15.0. The number of rotatable bonds is 1. The summed E-state index contributed by atoms with van der Waals surface area (Å²) in [5, 5.41) is 3.57. The van der Waals surface area contributed by atoms with Crippen molar-refractivity contribution >= 4 is 0 Å². The molecule has 1 N–H and O–H groups in total. The zero-order chi connectivity index (χ0) is 9.97. The fourth-order valence-corrected chi connectivity index (χ4v) is 4.11. The van der Waals surface area contributed by atoms with Gasteiger partial charge in [0, 0.05) is 11.5 Å². The molecule has 0 aromatic rings. The lowest BCUT2D eigenvalue weighted by Crippen LogP contribution is -2.45. The van der Waals surface area contributed by atoms with E-state index < -0.39 is 0 Å². The second-order valence-corrected chi connectivity index (χ2v) is 6.30. The molecule has 2 aliphatic carbocycles. The third-order valence-corrected chi connectivity index (χ3v) is 4.84. The lowest BCUT2D eigenvalue weighted by atomic mass is 9.67. The molecule has 1 heteroatoms. The molecule has 0 radical (unpaired) electrons. The Morgan fingerprint density at radius 2 is 2.00 bits per heavy atom. The minimum atomic E-state index is 0.309. The third-order valence-electron chi connectivity index (χ3n) is 4.84. The van der Waals surface area contributed by atoms with Crippen LogP contribution in [0.25, 0.3) is 0 Å². The van der Waals surface area contributed by atoms with Gasteiger partial charge in [0.15, 0.2) is 0 Å². The predicted molar refractivity (Wildman–Crippen MR) is 58.9 cm³/mol. The van der Waals surface area contributed by atoms with Gasteiger partial charge in [0.1, 0.15) is 0 Å². The van der Waals surface area contributed by atoms with E-state index >= 15 is 0 Å². The van der Waals surface area contributed by atoms with Gasteiger partial charge in [-0.1, -0.05) is 6.92 Å². The SMILES string of the molecule is CC1(C)NC=C2CCC(C)(C3CC3)C21. The maximum absolute atomic E-state index is 3.57. The molecule has 2 saturated carbocycles. The topological polar surface area (TPSA) is 12.0 Å². The molecule has 3 rings (SSSR count). The lowest BCUT2D eigenvalue weighted by molar-refractivity contribution is 0.139. The van der Waals surface area contributed by atoms with Gasteiger partial charge in [0.2, 0.25) is 0 Å². The molecule has 2 unspecified atom stereocenters. The minimum absolute atomic E-state index is 0.309. The minimum Gasteiger partial charge on any atom is -0.385 e. The highest BCUT2D eigenvalue weighted by Crippen LogP contribution is 2.62. The van der Waals surface area contributed by atoms with E-state index in [1.165, 1.54) is 25.7 Å². The molecule has 0 aromatic heterocycles. The molecule has 1 aliphatic heterocycles. The van der Waals surface area contributed by atoms with Crippen LogP contribution in [0.15, 0.2) is 11.8 Å². The summed E-state index contributed by atoms with van der Waals surface area (Å²) in [6.07, 6.45) is 8.04. The molecule has 1 nitrogen and oxygen atoms in total. The van der Waals surface area contributed by atoms with Gasteiger partial charge in [-0.3, -0.25) is 0 Å². The highest BCUT2D eigenvalue weighted by Gasteiger charge is 2.57. The van der Waals surface area contributed by atoms with Crippen molar-refractivity contribution in [2.24, 2.45) is 17.3 Å². The van der Waals surface area contributed by atoms with Crippen LogP contribution in [-0.2, 0) is 0 Å². The van der Waals surface area contributed by atoms with E-state index in [0.29, 0.717) is 11.0 Å². The summed E-state index contributed by atoms with van der Waals surface area (Å²) < 4.78 is 0. The van der Waals surface area contributed by atoms with Crippen LogP contribution in [0.1, 0.15) is 46.5 Å². The quantitative estimate of drug-likeness (QED) is 0.671. The Bertz CT molecular complexity index is 298. The van der Waals surface area contributed by atoms with Gasteiger partial charge in [-0.15, -0.1) is 0 Å². The molecule has 0 saturated heterocycles. The van der Waals surface area contributed by atoms with Gasteiger partial charge in [-0.05, 0) is 62.6 Å². The van der Waals surface area contributed by atoms with Gasteiger partial charge in [-0.25, -0.2) is 0 Å². The number of nitrogens with one attached hydrogen (secondary N) is 1. The molecular weight excluding hydrogens is 170 g/mol. The maximum atomic E-state index is 3.57. The van der Waals surface area contributed by atoms with Crippen LogP contribution in [0.3, 0.4) is 0 Å². The van der Waals surface area contributed by atoms with E-state index in [1.54, 1.807) is 5.57 Å². The van der Waals surface area contributed by atoms with Crippen molar-refractivity contribution < 1.29 is 0 Å². The van der Waals surface area contributed by atoms with Crippen molar-refractivity contribution in [1.29, 1.82) is 0 Å². The Morgan fingerprint density at radius 1 is 1.29 bits per heavy atom. The van der Waals surface area contributed by atoms with Gasteiger partial charge in [0.05, 0.1) is 0 Å². The lowest BCUT2D eigenvalue weighted by Gasteiger charge is -2.40. The van der Waals surface area contributed by atoms with Gasteiger partial charge in [-0.2, -0.15) is 0 Å². The molecule has 2 atom stereocenters. The first-order valence-electron chi connectivity index (χ1n) is 6.01. The van der Waals surface area contributed by atoms with Crippen LogP contribution in [0, 0.1) is 17.3 Å². The van der Waals surface area contributed by atoms with Crippen molar-refractivity contribution in [1.82, 2.24) is 5.32 Å². The summed E-state index contributed by atoms with van der Waals surface area (Å²) in [4.78, 5) is 0. The first-order chi connectivity index (χ1) is 6.54. The third kappa shape index (κ3) is 0.960. The molecule has 78 valence electrons. The van der Waals surface area contributed by atoms with Crippen molar-refractivity contribution in [3.63, 3.8) is 0 Å². The Kier molecular flexibility index (Phi) is 1.49. The average molecular weight is 191 g/mol. The van der Waals surface area contributed by atoms with E-state index in [0.717, 1.165) is 11.8 Å². The van der Waals surface area contributed by atoms with Crippen molar-refractivity contribution in [3.05, 3.63) is 11.8 Å². The van der Waals surface area contributed by atoms with Crippen molar-refractivity contribution in [2.45, 2.75) is 52.0 Å². The Labute approximate surface area is 87.0 Å². The number of fused-ring (bicyclic) bond motifs is 1. The molecule has 1 heterocycles. The van der Waals surface area contributed by atoms with E-state index in [-0.39, 0.29) is 0 Å². The normalized spacial score (nSPS) is 44.5. The van der Waals surface area contributed by atoms with Gasteiger partial charge < -0.3 is 5.32 Å². The maximum Gasteiger partial charge on any atom is 0.0383 e. The Morgan fingerprint density at radius 3 is 2.64 bits per heavy atom. The van der Waals surface area contributed by atoms with E-state index in [4.69, 9.17) is 0 Å².